The van der Waals surface area contributed by atoms with Gasteiger partial charge in [0.15, 0.2) is 0 Å². The number of carbonyl (C=O) groups is 1. The van der Waals surface area contributed by atoms with E-state index < -0.39 is 0 Å². The highest BCUT2D eigenvalue weighted by molar-refractivity contribution is 5.96. The molecule has 1 fully saturated rings. The highest BCUT2D eigenvalue weighted by Gasteiger charge is 2.40. The third-order valence-corrected chi connectivity index (χ3v) is 4.95. The highest BCUT2D eigenvalue weighted by atomic mass is 16.2. The minimum atomic E-state index is -0.275. The summed E-state index contributed by atoms with van der Waals surface area (Å²) < 4.78 is 0. The van der Waals surface area contributed by atoms with E-state index in [0.717, 1.165) is 49.2 Å². The van der Waals surface area contributed by atoms with Gasteiger partial charge < -0.3 is 16.0 Å². The number of hydrogen-bond donors (Lipinski definition) is 3. The van der Waals surface area contributed by atoms with Gasteiger partial charge in [0.25, 0.3) is 0 Å². The van der Waals surface area contributed by atoms with Gasteiger partial charge in [-0.3, -0.25) is 4.79 Å². The Morgan fingerprint density at radius 3 is 2.41 bits per heavy atom. The standard InChI is InChI=1S/C18H29N3O/c1-13-6-5-7-14(2)16(13)21-17(22)18(12-15(3)19-4)8-10-20-11-9-18/h5-7,15,19-20H,8-12H2,1-4H3,(H,21,22). The van der Waals surface area contributed by atoms with Crippen LogP contribution in [0.3, 0.4) is 0 Å². The van der Waals surface area contributed by atoms with E-state index >= 15 is 0 Å². The molecule has 0 spiro atoms. The number of amides is 1. The Kier molecular flexibility index (Phi) is 5.59. The molecule has 1 amide bonds. The summed E-state index contributed by atoms with van der Waals surface area (Å²) in [6.45, 7) is 8.07. The van der Waals surface area contributed by atoms with Crippen molar-refractivity contribution in [3.8, 4) is 0 Å². The van der Waals surface area contributed by atoms with Crippen LogP contribution in [-0.4, -0.2) is 32.1 Å². The molecule has 1 unspecified atom stereocenters. The first-order valence-electron chi connectivity index (χ1n) is 8.24. The van der Waals surface area contributed by atoms with Crippen molar-refractivity contribution < 1.29 is 4.79 Å². The van der Waals surface area contributed by atoms with Gasteiger partial charge in [-0.1, -0.05) is 18.2 Å². The number of anilines is 1. The predicted octanol–water partition coefficient (Wildman–Crippen LogP) is 2.61. The fraction of sp³-hybridized carbons (Fsp3) is 0.611. The Hall–Kier alpha value is -1.39. The summed E-state index contributed by atoms with van der Waals surface area (Å²) in [4.78, 5) is 13.1. The summed E-state index contributed by atoms with van der Waals surface area (Å²) in [5, 5.41) is 9.87. The van der Waals surface area contributed by atoms with E-state index in [-0.39, 0.29) is 11.3 Å². The van der Waals surface area contributed by atoms with Crippen molar-refractivity contribution in [2.45, 2.75) is 46.1 Å². The van der Waals surface area contributed by atoms with Crippen LogP contribution < -0.4 is 16.0 Å². The van der Waals surface area contributed by atoms with Gasteiger partial charge in [-0.15, -0.1) is 0 Å². The monoisotopic (exact) mass is 303 g/mol. The highest BCUT2D eigenvalue weighted by Crippen LogP contribution is 2.36. The van der Waals surface area contributed by atoms with Gasteiger partial charge in [0.1, 0.15) is 0 Å². The molecule has 1 atom stereocenters. The van der Waals surface area contributed by atoms with Crippen molar-refractivity contribution in [1.29, 1.82) is 0 Å². The topological polar surface area (TPSA) is 53.2 Å². The Morgan fingerprint density at radius 2 is 1.86 bits per heavy atom. The maximum atomic E-state index is 13.1. The van der Waals surface area contributed by atoms with Crippen LogP contribution >= 0.6 is 0 Å². The second-order valence-electron chi connectivity index (χ2n) is 6.65. The molecule has 1 saturated heterocycles. The average Bonchev–Trinajstić information content (AvgIpc) is 2.51. The van der Waals surface area contributed by atoms with Crippen LogP contribution in [0.4, 0.5) is 5.69 Å². The Bertz CT molecular complexity index is 501. The summed E-state index contributed by atoms with van der Waals surface area (Å²) in [5.41, 5.74) is 2.95. The van der Waals surface area contributed by atoms with Crippen molar-refractivity contribution in [3.05, 3.63) is 29.3 Å². The number of hydrogen-bond acceptors (Lipinski definition) is 3. The van der Waals surface area contributed by atoms with Crippen molar-refractivity contribution in [2.75, 3.05) is 25.5 Å². The van der Waals surface area contributed by atoms with Gasteiger partial charge in [-0.2, -0.15) is 0 Å². The molecule has 1 aromatic rings. The molecule has 0 saturated carbocycles. The number of aryl methyl sites for hydroxylation is 2. The number of carbonyl (C=O) groups excluding carboxylic acids is 1. The summed E-state index contributed by atoms with van der Waals surface area (Å²) in [6.07, 6.45) is 2.67. The fourth-order valence-electron chi connectivity index (χ4n) is 3.38. The first-order valence-corrected chi connectivity index (χ1v) is 8.24. The lowest BCUT2D eigenvalue weighted by Crippen LogP contribution is -2.48. The van der Waals surface area contributed by atoms with Crippen LogP contribution in [0.15, 0.2) is 18.2 Å². The van der Waals surface area contributed by atoms with E-state index in [1.165, 1.54) is 0 Å². The van der Waals surface area contributed by atoms with Crippen LogP contribution in [0.1, 0.15) is 37.3 Å². The van der Waals surface area contributed by atoms with Crippen LogP contribution in [0.2, 0.25) is 0 Å². The third kappa shape index (κ3) is 3.68. The predicted molar refractivity (Wildman–Crippen MR) is 92.2 cm³/mol. The number of benzene rings is 1. The molecule has 3 N–H and O–H groups in total. The molecule has 1 aliphatic heterocycles. The van der Waals surface area contributed by atoms with Crippen LogP contribution in [0.25, 0.3) is 0 Å². The molecule has 1 heterocycles. The van der Waals surface area contributed by atoms with E-state index in [4.69, 9.17) is 0 Å². The maximum absolute atomic E-state index is 13.1. The molecular formula is C18H29N3O. The SMILES string of the molecule is CNC(C)CC1(C(=O)Nc2c(C)cccc2C)CCNCC1. The lowest BCUT2D eigenvalue weighted by molar-refractivity contribution is -0.127. The smallest absolute Gasteiger partial charge is 0.230 e. The van der Waals surface area contributed by atoms with E-state index in [2.05, 4.69) is 22.9 Å². The third-order valence-electron chi connectivity index (χ3n) is 4.95. The number of nitrogens with one attached hydrogen (secondary N) is 3. The molecule has 22 heavy (non-hydrogen) atoms. The first kappa shape index (κ1) is 17.0. The van der Waals surface area contributed by atoms with Crippen molar-refractivity contribution in [1.82, 2.24) is 10.6 Å². The van der Waals surface area contributed by atoms with E-state index in [1.807, 2.05) is 39.1 Å². The quantitative estimate of drug-likeness (QED) is 0.784. The van der Waals surface area contributed by atoms with Crippen LogP contribution in [-0.2, 0) is 4.79 Å². The van der Waals surface area contributed by atoms with Crippen LogP contribution in [0.5, 0.6) is 0 Å². The minimum Gasteiger partial charge on any atom is -0.325 e. The normalized spacial score (nSPS) is 18.7. The summed E-state index contributed by atoms with van der Waals surface area (Å²) >= 11 is 0. The summed E-state index contributed by atoms with van der Waals surface area (Å²) in [6, 6.07) is 6.47. The number of piperidine rings is 1. The van der Waals surface area contributed by atoms with Crippen molar-refractivity contribution in [2.24, 2.45) is 5.41 Å². The first-order chi connectivity index (χ1) is 10.5. The molecule has 4 heteroatoms. The van der Waals surface area contributed by atoms with Gasteiger partial charge in [0.05, 0.1) is 5.41 Å². The molecule has 4 nitrogen and oxygen atoms in total. The van der Waals surface area contributed by atoms with Gasteiger partial charge in [0, 0.05) is 11.7 Å². The molecule has 2 rings (SSSR count). The van der Waals surface area contributed by atoms with Gasteiger partial charge in [-0.25, -0.2) is 0 Å². The second-order valence-corrected chi connectivity index (χ2v) is 6.65. The molecule has 1 aromatic carbocycles. The number of rotatable bonds is 5. The zero-order chi connectivity index (χ0) is 16.2. The lowest BCUT2D eigenvalue weighted by Gasteiger charge is -2.38. The van der Waals surface area contributed by atoms with Gasteiger partial charge in [-0.05, 0) is 71.3 Å². The zero-order valence-corrected chi connectivity index (χ0v) is 14.3. The molecule has 0 radical (unpaired) electrons. The number of para-hydroxylation sites is 1. The molecular weight excluding hydrogens is 274 g/mol. The molecule has 0 bridgehead atoms. The Balaban J connectivity index is 2.22. The zero-order valence-electron chi connectivity index (χ0n) is 14.3. The van der Waals surface area contributed by atoms with Crippen molar-refractivity contribution in [3.63, 3.8) is 0 Å². The largest absolute Gasteiger partial charge is 0.325 e. The van der Waals surface area contributed by atoms with Crippen molar-refractivity contribution >= 4 is 11.6 Å². The van der Waals surface area contributed by atoms with E-state index in [9.17, 15) is 4.79 Å². The second kappa shape index (κ2) is 7.25. The molecule has 0 aliphatic carbocycles. The van der Waals surface area contributed by atoms with E-state index in [1.54, 1.807) is 0 Å². The molecule has 0 aromatic heterocycles. The van der Waals surface area contributed by atoms with Gasteiger partial charge >= 0.3 is 0 Å². The lowest BCUT2D eigenvalue weighted by atomic mass is 9.73. The Morgan fingerprint density at radius 1 is 1.27 bits per heavy atom. The van der Waals surface area contributed by atoms with Gasteiger partial charge in [0.2, 0.25) is 5.91 Å². The Labute approximate surface area is 134 Å². The molecule has 122 valence electrons. The maximum Gasteiger partial charge on any atom is 0.230 e. The summed E-state index contributed by atoms with van der Waals surface area (Å²) in [7, 11) is 1.96. The van der Waals surface area contributed by atoms with E-state index in [0.29, 0.717) is 6.04 Å². The summed E-state index contributed by atoms with van der Waals surface area (Å²) in [5.74, 6) is 0.175. The van der Waals surface area contributed by atoms with Crippen LogP contribution in [0, 0.1) is 19.3 Å². The average molecular weight is 303 g/mol. The minimum absolute atomic E-state index is 0.175. The fourth-order valence-corrected chi connectivity index (χ4v) is 3.38. The molecule has 1 aliphatic rings.